The highest BCUT2D eigenvalue weighted by atomic mass is 16.1. The maximum atomic E-state index is 13.1. The van der Waals surface area contributed by atoms with Gasteiger partial charge in [-0.1, -0.05) is 68.4 Å². The molecule has 4 rings (SSSR count). The number of carbonyl (C=O) groups is 1. The van der Waals surface area contributed by atoms with E-state index in [0.29, 0.717) is 13.0 Å². The topological polar surface area (TPSA) is 65.1 Å². The lowest BCUT2D eigenvalue weighted by Gasteiger charge is -2.22. The molecule has 0 radical (unpaired) electrons. The molecule has 40 heavy (non-hydrogen) atoms. The summed E-state index contributed by atoms with van der Waals surface area (Å²) in [7, 11) is 0. The van der Waals surface area contributed by atoms with Gasteiger partial charge in [0.1, 0.15) is 5.82 Å². The number of nitrogens with one attached hydrogen (secondary N) is 1. The standard InChI is InChI=1S/C34H43N5O/c1-5-17-38(18-6-2)22-29-9-7-28(8-10-29)20-33(40)31-13-11-30(12-14-31)23-39(25-34-35-15-16-36-34)24-32-27(4)19-26(3)21-37-32/h7-16,19,21H,5-6,17-18,20,22-25H2,1-4H3,(H,35,36). The molecule has 0 saturated carbocycles. The first kappa shape index (κ1) is 29.4. The predicted octanol–water partition coefficient (Wildman–Crippen LogP) is 6.67. The van der Waals surface area contributed by atoms with E-state index >= 15 is 0 Å². The third kappa shape index (κ3) is 8.70. The molecule has 1 N–H and O–H groups in total. The Morgan fingerprint density at radius 1 is 0.775 bits per heavy atom. The molecule has 0 fully saturated rings. The van der Waals surface area contributed by atoms with Gasteiger partial charge in [0.25, 0.3) is 0 Å². The van der Waals surface area contributed by atoms with Gasteiger partial charge in [-0.25, -0.2) is 4.98 Å². The molecule has 2 aromatic heterocycles. The number of benzene rings is 2. The predicted molar refractivity (Wildman–Crippen MR) is 162 cm³/mol. The van der Waals surface area contributed by atoms with Crippen LogP contribution in [0.3, 0.4) is 0 Å². The minimum Gasteiger partial charge on any atom is -0.348 e. The van der Waals surface area contributed by atoms with Crippen molar-refractivity contribution >= 4 is 5.78 Å². The Morgan fingerprint density at radius 2 is 1.40 bits per heavy atom. The van der Waals surface area contributed by atoms with E-state index in [1.165, 1.54) is 16.7 Å². The first-order valence-electron chi connectivity index (χ1n) is 14.5. The van der Waals surface area contributed by atoms with Crippen LogP contribution in [0, 0.1) is 13.8 Å². The van der Waals surface area contributed by atoms with Gasteiger partial charge in [0.05, 0.1) is 12.2 Å². The van der Waals surface area contributed by atoms with E-state index < -0.39 is 0 Å². The smallest absolute Gasteiger partial charge is 0.167 e. The quantitative estimate of drug-likeness (QED) is 0.172. The number of aryl methyl sites for hydroxylation is 2. The second kappa shape index (κ2) is 14.7. The zero-order chi connectivity index (χ0) is 28.3. The summed E-state index contributed by atoms with van der Waals surface area (Å²) in [6, 6.07) is 18.8. The summed E-state index contributed by atoms with van der Waals surface area (Å²) in [4.78, 5) is 30.2. The molecule has 0 aliphatic rings. The highest BCUT2D eigenvalue weighted by Gasteiger charge is 2.14. The van der Waals surface area contributed by atoms with Crippen LogP contribution in [0.15, 0.2) is 73.2 Å². The van der Waals surface area contributed by atoms with E-state index in [4.69, 9.17) is 0 Å². The molecule has 6 nitrogen and oxygen atoms in total. The molecule has 0 amide bonds. The number of pyridine rings is 1. The molecule has 0 aliphatic carbocycles. The van der Waals surface area contributed by atoms with E-state index in [1.807, 2.05) is 24.5 Å². The van der Waals surface area contributed by atoms with Crippen molar-refractivity contribution in [2.45, 2.75) is 73.1 Å². The van der Waals surface area contributed by atoms with Gasteiger partial charge in [0.2, 0.25) is 0 Å². The Hall–Kier alpha value is -3.61. The second-order valence-electron chi connectivity index (χ2n) is 10.8. The molecule has 0 aliphatic heterocycles. The molecule has 210 valence electrons. The van der Waals surface area contributed by atoms with Gasteiger partial charge >= 0.3 is 0 Å². The number of nitrogens with zero attached hydrogens (tertiary/aromatic N) is 4. The zero-order valence-electron chi connectivity index (χ0n) is 24.5. The van der Waals surface area contributed by atoms with Crippen LogP contribution in [-0.2, 0) is 32.6 Å². The van der Waals surface area contributed by atoms with Crippen LogP contribution in [0.2, 0.25) is 0 Å². The van der Waals surface area contributed by atoms with Crippen molar-refractivity contribution in [1.29, 1.82) is 0 Å². The molecule has 0 saturated heterocycles. The van der Waals surface area contributed by atoms with Crippen molar-refractivity contribution in [3.63, 3.8) is 0 Å². The number of rotatable bonds is 15. The van der Waals surface area contributed by atoms with E-state index in [1.54, 1.807) is 6.20 Å². The third-order valence-corrected chi connectivity index (χ3v) is 7.18. The summed E-state index contributed by atoms with van der Waals surface area (Å²) < 4.78 is 0. The second-order valence-corrected chi connectivity index (χ2v) is 10.8. The van der Waals surface area contributed by atoms with E-state index in [0.717, 1.165) is 73.8 Å². The average Bonchev–Trinajstić information content (AvgIpc) is 3.45. The molecule has 6 heteroatoms. The van der Waals surface area contributed by atoms with Gasteiger partial charge < -0.3 is 4.98 Å². The van der Waals surface area contributed by atoms with Crippen molar-refractivity contribution < 1.29 is 4.79 Å². The Balaban J connectivity index is 1.37. The van der Waals surface area contributed by atoms with Crippen LogP contribution in [0.1, 0.15) is 76.4 Å². The maximum Gasteiger partial charge on any atom is 0.167 e. The van der Waals surface area contributed by atoms with Crippen LogP contribution in [0.4, 0.5) is 0 Å². The number of hydrogen-bond acceptors (Lipinski definition) is 5. The lowest BCUT2D eigenvalue weighted by atomic mass is 10.0. The average molecular weight is 538 g/mol. The number of H-pyrrole nitrogens is 1. The number of Topliss-reactive ketones (excluding diaryl/α,β-unsaturated/α-hetero) is 1. The van der Waals surface area contributed by atoms with Gasteiger partial charge in [0, 0.05) is 50.2 Å². The summed E-state index contributed by atoms with van der Waals surface area (Å²) in [6.45, 7) is 14.0. The summed E-state index contributed by atoms with van der Waals surface area (Å²) in [6.07, 6.45) is 8.30. The number of carbonyl (C=O) groups excluding carboxylic acids is 1. The van der Waals surface area contributed by atoms with Crippen LogP contribution in [-0.4, -0.2) is 43.6 Å². The van der Waals surface area contributed by atoms with E-state index in [2.05, 4.69) is 94.9 Å². The highest BCUT2D eigenvalue weighted by Crippen LogP contribution is 2.17. The van der Waals surface area contributed by atoms with Crippen molar-refractivity contribution in [2.24, 2.45) is 0 Å². The molecular formula is C34H43N5O. The van der Waals surface area contributed by atoms with E-state index in [9.17, 15) is 4.79 Å². The number of hydrogen-bond donors (Lipinski definition) is 1. The van der Waals surface area contributed by atoms with Crippen molar-refractivity contribution in [3.05, 3.63) is 118 Å². The fraction of sp³-hybridized carbons (Fsp3) is 0.382. The largest absolute Gasteiger partial charge is 0.348 e. The molecule has 2 heterocycles. The molecule has 0 atom stereocenters. The Morgan fingerprint density at radius 3 is 2.00 bits per heavy atom. The number of imidazole rings is 1. The molecular weight excluding hydrogens is 494 g/mol. The zero-order valence-corrected chi connectivity index (χ0v) is 24.5. The highest BCUT2D eigenvalue weighted by molar-refractivity contribution is 5.97. The van der Waals surface area contributed by atoms with Gasteiger partial charge in [0.15, 0.2) is 5.78 Å². The molecule has 4 aromatic rings. The van der Waals surface area contributed by atoms with Gasteiger partial charge in [-0.15, -0.1) is 0 Å². The van der Waals surface area contributed by atoms with Gasteiger partial charge in [-0.05, 0) is 67.6 Å². The summed E-state index contributed by atoms with van der Waals surface area (Å²) in [5.74, 6) is 1.07. The fourth-order valence-corrected chi connectivity index (χ4v) is 5.15. The Bertz CT molecular complexity index is 1320. The first-order valence-corrected chi connectivity index (χ1v) is 14.5. The molecule has 0 unspecified atom stereocenters. The first-order chi connectivity index (χ1) is 19.4. The molecule has 2 aromatic carbocycles. The minimum absolute atomic E-state index is 0.143. The van der Waals surface area contributed by atoms with Crippen molar-refractivity contribution in [2.75, 3.05) is 13.1 Å². The molecule has 0 bridgehead atoms. The third-order valence-electron chi connectivity index (χ3n) is 7.18. The number of aromatic amines is 1. The molecule has 0 spiro atoms. The Labute approximate surface area is 239 Å². The van der Waals surface area contributed by atoms with Crippen LogP contribution in [0.5, 0.6) is 0 Å². The van der Waals surface area contributed by atoms with E-state index in [-0.39, 0.29) is 5.78 Å². The summed E-state index contributed by atoms with van der Waals surface area (Å²) in [5.41, 5.74) is 7.69. The summed E-state index contributed by atoms with van der Waals surface area (Å²) in [5, 5.41) is 0. The normalized spacial score (nSPS) is 11.4. The van der Waals surface area contributed by atoms with Crippen molar-refractivity contribution in [3.8, 4) is 0 Å². The Kier molecular flexibility index (Phi) is 10.8. The minimum atomic E-state index is 0.143. The van der Waals surface area contributed by atoms with Crippen LogP contribution in [0.25, 0.3) is 0 Å². The lowest BCUT2D eigenvalue weighted by molar-refractivity contribution is 0.0993. The van der Waals surface area contributed by atoms with Crippen LogP contribution < -0.4 is 0 Å². The maximum absolute atomic E-state index is 13.1. The SMILES string of the molecule is CCCN(CCC)Cc1ccc(CC(=O)c2ccc(CN(Cc3ncc[nH]3)Cc3ncc(C)cc3C)cc2)cc1. The number of ketones is 1. The monoisotopic (exact) mass is 537 g/mol. The van der Waals surface area contributed by atoms with Crippen molar-refractivity contribution in [1.82, 2.24) is 24.8 Å². The lowest BCUT2D eigenvalue weighted by Crippen LogP contribution is -2.24. The van der Waals surface area contributed by atoms with Gasteiger partial charge in [-0.2, -0.15) is 0 Å². The summed E-state index contributed by atoms with van der Waals surface area (Å²) >= 11 is 0. The number of aromatic nitrogens is 3. The van der Waals surface area contributed by atoms with Crippen LogP contribution >= 0.6 is 0 Å². The fourth-order valence-electron chi connectivity index (χ4n) is 5.15. The van der Waals surface area contributed by atoms with Gasteiger partial charge in [-0.3, -0.25) is 19.6 Å².